The molecule has 0 N–H and O–H groups in total. The van der Waals surface area contributed by atoms with Gasteiger partial charge in [0.05, 0.1) is 35.8 Å². The maximum atomic E-state index is 4.18. The van der Waals surface area contributed by atoms with Crippen molar-refractivity contribution in [1.29, 1.82) is 0 Å². The second-order valence-corrected chi connectivity index (χ2v) is 12.7. The normalized spacial score (nSPS) is 10.7. The average molecular weight is 623 g/mol. The van der Waals surface area contributed by atoms with E-state index in [1.165, 1.54) is 11.1 Å². The lowest BCUT2D eigenvalue weighted by Gasteiger charge is -2.02. The predicted octanol–water partition coefficient (Wildman–Crippen LogP) is 6.97. The van der Waals surface area contributed by atoms with Crippen LogP contribution in [0.5, 0.6) is 0 Å². The summed E-state index contributed by atoms with van der Waals surface area (Å²) in [4.78, 5) is 4.18. The Labute approximate surface area is 270 Å². The van der Waals surface area contributed by atoms with Crippen molar-refractivity contribution in [1.82, 2.24) is 59.1 Å². The number of hydrogen-bond acceptors (Lipinski definition) is 7. The molecule has 0 radical (unpaired) electrons. The summed E-state index contributed by atoms with van der Waals surface area (Å²) in [7, 11) is 5.80. The third-order valence-corrected chi connectivity index (χ3v) is 6.33. The molecule has 12 nitrogen and oxygen atoms in total. The molecule has 0 saturated carbocycles. The summed E-state index contributed by atoms with van der Waals surface area (Å²) in [5.74, 6) is 1.63. The van der Waals surface area contributed by atoms with Gasteiger partial charge >= 0.3 is 0 Å². The Morgan fingerprint density at radius 1 is 0.556 bits per heavy atom. The van der Waals surface area contributed by atoms with E-state index < -0.39 is 0 Å². The molecule has 250 valence electrons. The van der Waals surface area contributed by atoms with E-state index in [4.69, 9.17) is 0 Å². The predicted molar refractivity (Wildman–Crippen MR) is 182 cm³/mol. The first kappa shape index (κ1) is 38.9. The fourth-order valence-corrected chi connectivity index (χ4v) is 3.43. The maximum Gasteiger partial charge on any atom is 0.0946 e. The largest absolute Gasteiger partial charge is 0.340 e. The van der Waals surface area contributed by atoms with Crippen molar-refractivity contribution in [2.75, 3.05) is 0 Å². The Kier molecular flexibility index (Phi) is 16.7. The minimum absolute atomic E-state index is 0.422. The molecule has 0 unspecified atom stereocenters. The second kappa shape index (κ2) is 19.3. The van der Waals surface area contributed by atoms with Crippen LogP contribution in [0.1, 0.15) is 127 Å². The van der Waals surface area contributed by atoms with Gasteiger partial charge in [-0.3, -0.25) is 14.0 Å². The Bertz CT molecular complexity index is 1200. The monoisotopic (exact) mass is 622 g/mol. The third-order valence-electron chi connectivity index (χ3n) is 6.33. The van der Waals surface area contributed by atoms with Crippen molar-refractivity contribution >= 4 is 0 Å². The zero-order chi connectivity index (χ0) is 34.3. The van der Waals surface area contributed by atoms with Gasteiger partial charge in [-0.05, 0) is 70.4 Å². The fraction of sp³-hybridized carbons (Fsp3) is 0.606. The summed E-state index contributed by atoms with van der Waals surface area (Å²) in [5, 5.41) is 23.7. The molecule has 0 spiro atoms. The standard InChI is InChI=1S/3C7H12N2.2C6H11N3/c1-6(2)7-4-9(3)5-8-7;1-6(2)7-4-8-9(3)5-7;1-6(2)9-5-7(3)4-8-9;1-5(2)6-4-9(3)8-7-6;1-5(2)9-4-6(3)7-8-9/h3*4-6H,1-3H3;2*4-5H,1-3H3. The van der Waals surface area contributed by atoms with Gasteiger partial charge in [-0.25, -0.2) is 9.67 Å². The number of nitrogens with zero attached hydrogens (tertiary/aromatic N) is 12. The molecule has 0 aromatic carbocycles. The zero-order valence-corrected chi connectivity index (χ0v) is 30.4. The number of imidazole rings is 1. The third kappa shape index (κ3) is 15.5. The van der Waals surface area contributed by atoms with Crippen LogP contribution >= 0.6 is 0 Å². The summed E-state index contributed by atoms with van der Waals surface area (Å²) in [6.07, 6.45) is 15.6. The van der Waals surface area contributed by atoms with E-state index in [1.807, 2.05) is 103 Å². The fourth-order valence-electron chi connectivity index (χ4n) is 3.43. The van der Waals surface area contributed by atoms with E-state index in [-0.39, 0.29) is 0 Å². The summed E-state index contributed by atoms with van der Waals surface area (Å²) in [6.45, 7) is 25.2. The van der Waals surface area contributed by atoms with Gasteiger partial charge in [-0.15, -0.1) is 10.2 Å². The molecule has 0 aliphatic carbocycles. The Balaban J connectivity index is 0.000000281. The van der Waals surface area contributed by atoms with Gasteiger partial charge < -0.3 is 4.57 Å². The minimum Gasteiger partial charge on any atom is -0.340 e. The van der Waals surface area contributed by atoms with Gasteiger partial charge in [0.25, 0.3) is 0 Å². The van der Waals surface area contributed by atoms with Gasteiger partial charge in [0.15, 0.2) is 0 Å². The van der Waals surface area contributed by atoms with E-state index in [0.717, 1.165) is 17.1 Å². The zero-order valence-electron chi connectivity index (χ0n) is 30.4. The molecule has 5 rings (SSSR count). The van der Waals surface area contributed by atoms with E-state index in [9.17, 15) is 0 Å². The molecule has 0 amide bonds. The maximum absolute atomic E-state index is 4.18. The van der Waals surface area contributed by atoms with Crippen LogP contribution in [-0.4, -0.2) is 59.1 Å². The van der Waals surface area contributed by atoms with Gasteiger partial charge in [-0.1, -0.05) is 52.0 Å². The van der Waals surface area contributed by atoms with E-state index in [1.54, 1.807) is 4.68 Å². The highest BCUT2D eigenvalue weighted by molar-refractivity contribution is 5.08. The van der Waals surface area contributed by atoms with Gasteiger partial charge in [0, 0.05) is 64.2 Å². The SMILES string of the molecule is CC(C)c1cn(C)cn1.CC(C)c1cn(C)nn1.CC(C)c1cnn(C)c1.Cc1cn(C(C)C)nn1.Cc1cnn(C(C)C)c1. The van der Waals surface area contributed by atoms with Gasteiger partial charge in [0.2, 0.25) is 0 Å². The molecule has 0 aliphatic heterocycles. The van der Waals surface area contributed by atoms with Crippen LogP contribution in [-0.2, 0) is 21.1 Å². The smallest absolute Gasteiger partial charge is 0.0946 e. The highest BCUT2D eigenvalue weighted by Gasteiger charge is 2.02. The Hall–Kier alpha value is -4.09. The lowest BCUT2D eigenvalue weighted by molar-refractivity contribution is 0.514. The van der Waals surface area contributed by atoms with Crippen molar-refractivity contribution in [3.63, 3.8) is 0 Å². The molecule has 45 heavy (non-hydrogen) atoms. The van der Waals surface area contributed by atoms with Crippen LogP contribution in [0.4, 0.5) is 0 Å². The summed E-state index contributed by atoms with van der Waals surface area (Å²) in [6, 6.07) is 0.907. The molecular formula is C33H58N12. The molecule has 0 fully saturated rings. The highest BCUT2D eigenvalue weighted by atomic mass is 15.4. The Morgan fingerprint density at radius 2 is 1.18 bits per heavy atom. The van der Waals surface area contributed by atoms with Crippen LogP contribution in [0.3, 0.4) is 0 Å². The molecule has 0 bridgehead atoms. The molecule has 5 heterocycles. The quantitative estimate of drug-likeness (QED) is 0.208. The minimum atomic E-state index is 0.422. The van der Waals surface area contributed by atoms with Crippen molar-refractivity contribution in [2.24, 2.45) is 21.1 Å². The number of aromatic nitrogens is 12. The summed E-state index contributed by atoms with van der Waals surface area (Å²) in [5.41, 5.74) is 5.72. The number of hydrogen-bond donors (Lipinski definition) is 0. The Morgan fingerprint density at radius 3 is 1.40 bits per heavy atom. The van der Waals surface area contributed by atoms with Crippen molar-refractivity contribution < 1.29 is 0 Å². The average Bonchev–Trinajstić information content (AvgIpc) is 3.78. The molecular weight excluding hydrogens is 564 g/mol. The molecule has 0 aliphatic rings. The number of aryl methyl sites for hydroxylation is 5. The van der Waals surface area contributed by atoms with Crippen LogP contribution in [0.25, 0.3) is 0 Å². The van der Waals surface area contributed by atoms with Crippen molar-refractivity contribution in [3.05, 3.63) is 77.9 Å². The van der Waals surface area contributed by atoms with E-state index >= 15 is 0 Å². The molecule has 12 heteroatoms. The van der Waals surface area contributed by atoms with Gasteiger partial charge in [-0.2, -0.15) is 10.2 Å². The van der Waals surface area contributed by atoms with Crippen LogP contribution in [0, 0.1) is 13.8 Å². The molecule has 5 aromatic rings. The molecule has 0 saturated heterocycles. The summed E-state index contributed by atoms with van der Waals surface area (Å²) >= 11 is 0. The topological polar surface area (TPSA) is 115 Å². The van der Waals surface area contributed by atoms with Gasteiger partial charge in [0.1, 0.15) is 0 Å². The molecule has 5 aromatic heterocycles. The number of rotatable bonds is 5. The first-order valence-corrected chi connectivity index (χ1v) is 15.7. The first-order valence-electron chi connectivity index (χ1n) is 15.7. The highest BCUT2D eigenvalue weighted by Crippen LogP contribution is 2.11. The van der Waals surface area contributed by atoms with Crippen molar-refractivity contribution in [3.8, 4) is 0 Å². The lowest BCUT2D eigenvalue weighted by atomic mass is 10.1. The van der Waals surface area contributed by atoms with E-state index in [0.29, 0.717) is 29.8 Å². The van der Waals surface area contributed by atoms with Crippen LogP contribution in [0.15, 0.2) is 49.7 Å². The van der Waals surface area contributed by atoms with Crippen LogP contribution in [0.2, 0.25) is 0 Å². The molecule has 0 atom stereocenters. The summed E-state index contributed by atoms with van der Waals surface area (Å²) < 4.78 is 9.31. The van der Waals surface area contributed by atoms with E-state index in [2.05, 4.69) is 105 Å². The second-order valence-electron chi connectivity index (χ2n) is 12.7. The lowest BCUT2D eigenvalue weighted by Crippen LogP contribution is -2.00. The van der Waals surface area contributed by atoms with Crippen molar-refractivity contribution in [2.45, 2.75) is 113 Å². The van der Waals surface area contributed by atoms with Crippen LogP contribution < -0.4 is 0 Å². The first-order chi connectivity index (χ1) is 21.0.